The van der Waals surface area contributed by atoms with Gasteiger partial charge in [-0.2, -0.15) is 0 Å². The summed E-state index contributed by atoms with van der Waals surface area (Å²) in [6, 6.07) is 3.60. The Labute approximate surface area is 232 Å². The molecule has 0 aromatic carbocycles. The maximum Gasteiger partial charge on any atom is 0.339 e. The fourth-order valence-corrected chi connectivity index (χ4v) is 10.2. The molecule has 1 heterocycles. The molecule has 0 amide bonds. The van der Waals surface area contributed by atoms with Crippen molar-refractivity contribution in [2.75, 3.05) is 0 Å². The second kappa shape index (κ2) is 11.1. The highest BCUT2D eigenvalue weighted by molar-refractivity contribution is 5.89. The first kappa shape index (κ1) is 27.9. The van der Waals surface area contributed by atoms with Crippen molar-refractivity contribution in [1.82, 2.24) is 4.98 Å². The van der Waals surface area contributed by atoms with Gasteiger partial charge in [0.2, 0.25) is 0 Å². The Morgan fingerprint density at radius 2 is 1.89 bits per heavy atom. The van der Waals surface area contributed by atoms with Crippen LogP contribution in [0.2, 0.25) is 0 Å². The van der Waals surface area contributed by atoms with Crippen LogP contribution in [0.1, 0.15) is 123 Å². The number of aromatic nitrogens is 1. The van der Waals surface area contributed by atoms with E-state index in [9.17, 15) is 4.79 Å². The minimum absolute atomic E-state index is 0.00139. The molecule has 0 aliphatic heterocycles. The average molecular weight is 520 g/mol. The van der Waals surface area contributed by atoms with Gasteiger partial charge in [-0.3, -0.25) is 4.98 Å². The number of carbonyl (C=O) groups excluding carboxylic acids is 1. The second-order valence-corrected chi connectivity index (χ2v) is 14.6. The molecule has 3 heteroatoms. The summed E-state index contributed by atoms with van der Waals surface area (Å²) in [6.45, 7) is 15.1. The molecule has 38 heavy (non-hydrogen) atoms. The summed E-state index contributed by atoms with van der Waals surface area (Å²) in [5.41, 5.74) is 2.95. The first-order chi connectivity index (χ1) is 18.2. The summed E-state index contributed by atoms with van der Waals surface area (Å²) in [6.07, 6.45) is 20.1. The van der Waals surface area contributed by atoms with E-state index < -0.39 is 0 Å². The van der Waals surface area contributed by atoms with Gasteiger partial charge in [0.1, 0.15) is 6.10 Å². The number of esters is 1. The number of hydrogen-bond donors (Lipinski definition) is 0. The van der Waals surface area contributed by atoms with E-state index in [-0.39, 0.29) is 17.5 Å². The molecule has 0 radical (unpaired) electrons. The third-order valence-electron chi connectivity index (χ3n) is 12.1. The zero-order valence-corrected chi connectivity index (χ0v) is 25.0. The SMILES string of the molecule is CC[C@H](CC(C)C)C[C@H](C)[C@@H]1CC[C@H]2[C@H]3CC=C4C[C@@H](OC(=O)c5cccnc5)CC[C@]4(C)[C@@H]3CC[C@@]21C. The van der Waals surface area contributed by atoms with Crippen LogP contribution in [0.15, 0.2) is 36.2 Å². The lowest BCUT2D eigenvalue weighted by molar-refractivity contribution is -0.0602. The topological polar surface area (TPSA) is 39.2 Å². The summed E-state index contributed by atoms with van der Waals surface area (Å²) in [5, 5.41) is 0. The molecule has 1 aromatic heterocycles. The molecule has 0 spiro atoms. The molecule has 210 valence electrons. The molecule has 9 atom stereocenters. The molecular formula is C35H53NO2. The van der Waals surface area contributed by atoms with Crippen LogP contribution >= 0.6 is 0 Å². The number of carbonyl (C=O) groups is 1. The number of rotatable bonds is 8. The van der Waals surface area contributed by atoms with E-state index in [0.717, 1.165) is 60.7 Å². The van der Waals surface area contributed by atoms with Crippen LogP contribution < -0.4 is 0 Å². The molecule has 0 N–H and O–H groups in total. The third kappa shape index (κ3) is 5.13. The largest absolute Gasteiger partial charge is 0.458 e. The van der Waals surface area contributed by atoms with Crippen molar-refractivity contribution in [3.8, 4) is 0 Å². The summed E-state index contributed by atoms with van der Waals surface area (Å²) < 4.78 is 5.98. The maximum absolute atomic E-state index is 12.7. The van der Waals surface area contributed by atoms with E-state index >= 15 is 0 Å². The quantitative estimate of drug-likeness (QED) is 0.254. The van der Waals surface area contributed by atoms with Gasteiger partial charge in [-0.05, 0) is 122 Å². The minimum Gasteiger partial charge on any atom is -0.458 e. The van der Waals surface area contributed by atoms with Crippen LogP contribution in [0.25, 0.3) is 0 Å². The highest BCUT2D eigenvalue weighted by Gasteiger charge is 2.59. The van der Waals surface area contributed by atoms with E-state index in [1.807, 2.05) is 0 Å². The monoisotopic (exact) mass is 519 g/mol. The number of hydrogen-bond acceptors (Lipinski definition) is 3. The van der Waals surface area contributed by atoms with Crippen LogP contribution in [0.3, 0.4) is 0 Å². The number of nitrogens with zero attached hydrogens (tertiary/aromatic N) is 1. The van der Waals surface area contributed by atoms with Gasteiger partial charge in [0.25, 0.3) is 0 Å². The fraction of sp³-hybridized carbons (Fsp3) is 0.771. The Bertz CT molecular complexity index is 1000. The zero-order chi connectivity index (χ0) is 27.1. The molecule has 1 aromatic rings. The van der Waals surface area contributed by atoms with Crippen molar-refractivity contribution in [3.05, 3.63) is 41.7 Å². The first-order valence-corrected chi connectivity index (χ1v) is 16.0. The summed E-state index contributed by atoms with van der Waals surface area (Å²) in [4.78, 5) is 16.8. The van der Waals surface area contributed by atoms with E-state index in [4.69, 9.17) is 4.74 Å². The number of allylic oxidation sites excluding steroid dienone is 1. The van der Waals surface area contributed by atoms with E-state index in [1.165, 1.54) is 51.4 Å². The highest BCUT2D eigenvalue weighted by Crippen LogP contribution is 2.67. The molecule has 4 aliphatic carbocycles. The molecule has 3 nitrogen and oxygen atoms in total. The van der Waals surface area contributed by atoms with Crippen LogP contribution in [0.4, 0.5) is 0 Å². The lowest BCUT2D eigenvalue weighted by atomic mass is 9.47. The van der Waals surface area contributed by atoms with Crippen molar-refractivity contribution in [1.29, 1.82) is 0 Å². The van der Waals surface area contributed by atoms with Crippen molar-refractivity contribution < 1.29 is 9.53 Å². The zero-order valence-electron chi connectivity index (χ0n) is 25.0. The highest BCUT2D eigenvalue weighted by atomic mass is 16.5. The van der Waals surface area contributed by atoms with Crippen LogP contribution in [-0.2, 0) is 4.74 Å². The number of pyridine rings is 1. The molecule has 0 saturated heterocycles. The Balaban J connectivity index is 1.26. The number of fused-ring (bicyclic) bond motifs is 5. The Kier molecular flexibility index (Phi) is 8.14. The van der Waals surface area contributed by atoms with E-state index in [2.05, 4.69) is 52.6 Å². The van der Waals surface area contributed by atoms with Gasteiger partial charge < -0.3 is 4.74 Å². The smallest absolute Gasteiger partial charge is 0.339 e. The van der Waals surface area contributed by atoms with Crippen LogP contribution in [0.5, 0.6) is 0 Å². The molecular weight excluding hydrogens is 466 g/mol. The first-order valence-electron chi connectivity index (χ1n) is 16.0. The van der Waals surface area contributed by atoms with Gasteiger partial charge >= 0.3 is 5.97 Å². The van der Waals surface area contributed by atoms with Crippen molar-refractivity contribution in [3.63, 3.8) is 0 Å². The lowest BCUT2D eigenvalue weighted by Crippen LogP contribution is -2.51. The second-order valence-electron chi connectivity index (χ2n) is 14.6. The normalized spacial score (nSPS) is 38.0. The Morgan fingerprint density at radius 3 is 2.61 bits per heavy atom. The van der Waals surface area contributed by atoms with E-state index in [1.54, 1.807) is 30.1 Å². The molecule has 4 aliphatic rings. The van der Waals surface area contributed by atoms with Crippen LogP contribution in [0, 0.1) is 52.3 Å². The van der Waals surface area contributed by atoms with Gasteiger partial charge in [0.05, 0.1) is 5.56 Å². The van der Waals surface area contributed by atoms with Crippen molar-refractivity contribution >= 4 is 5.97 Å². The molecule has 3 saturated carbocycles. The molecule has 5 rings (SSSR count). The maximum atomic E-state index is 12.7. The van der Waals surface area contributed by atoms with Crippen molar-refractivity contribution in [2.45, 2.75) is 118 Å². The Morgan fingerprint density at radius 1 is 1.08 bits per heavy atom. The average Bonchev–Trinajstić information content (AvgIpc) is 3.26. The third-order valence-corrected chi connectivity index (χ3v) is 12.1. The predicted octanol–water partition coefficient (Wildman–Crippen LogP) is 9.28. The standard InChI is InChI=1S/C35H53NO2/c1-7-25(19-23(2)3)20-24(4)30-12-13-31-29-11-10-27-21-28(38-33(37)26-9-8-18-36-22-26)14-16-34(27,5)32(29)15-17-35(30,31)6/h8-10,18,22-25,28-32H,7,11-17,19-21H2,1-6H3/t24-,25+,28-,29+,30-,31-,32+,34-,35+/m0/s1. The molecule has 0 bridgehead atoms. The summed E-state index contributed by atoms with van der Waals surface area (Å²) >= 11 is 0. The minimum atomic E-state index is -0.223. The van der Waals surface area contributed by atoms with Crippen molar-refractivity contribution in [2.24, 2.45) is 52.3 Å². The summed E-state index contributed by atoms with van der Waals surface area (Å²) in [7, 11) is 0. The van der Waals surface area contributed by atoms with Gasteiger partial charge in [-0.1, -0.05) is 59.6 Å². The van der Waals surface area contributed by atoms with Gasteiger partial charge in [0, 0.05) is 18.8 Å². The van der Waals surface area contributed by atoms with Crippen LogP contribution in [-0.4, -0.2) is 17.1 Å². The van der Waals surface area contributed by atoms with Gasteiger partial charge in [-0.15, -0.1) is 0 Å². The number of ether oxygens (including phenoxy) is 1. The van der Waals surface area contributed by atoms with Gasteiger partial charge in [-0.25, -0.2) is 4.79 Å². The fourth-order valence-electron chi connectivity index (χ4n) is 10.2. The predicted molar refractivity (Wildman–Crippen MR) is 156 cm³/mol. The lowest BCUT2D eigenvalue weighted by Gasteiger charge is -2.58. The van der Waals surface area contributed by atoms with E-state index in [0.29, 0.717) is 11.0 Å². The molecule has 3 fully saturated rings. The molecule has 0 unspecified atom stereocenters. The summed E-state index contributed by atoms with van der Waals surface area (Å²) in [5.74, 6) is 5.75. The Hall–Kier alpha value is -1.64. The van der Waals surface area contributed by atoms with Gasteiger partial charge in [0.15, 0.2) is 0 Å².